The minimum Gasteiger partial charge on any atom is -0.395 e. The van der Waals surface area contributed by atoms with Crippen molar-refractivity contribution in [2.45, 2.75) is 33.2 Å². The largest absolute Gasteiger partial charge is 0.395 e. The number of carbonyl (C=O) groups excluding carboxylic acids is 1. The highest BCUT2D eigenvalue weighted by Crippen LogP contribution is 2.11. The van der Waals surface area contributed by atoms with E-state index < -0.39 is 0 Å². The second kappa shape index (κ2) is 6.66. The summed E-state index contributed by atoms with van der Waals surface area (Å²) in [7, 11) is 1.93. The zero-order valence-corrected chi connectivity index (χ0v) is 11.7. The summed E-state index contributed by atoms with van der Waals surface area (Å²) in [5, 5.41) is 9.03. The molecular weight excluding hydrogens is 226 g/mol. The summed E-state index contributed by atoms with van der Waals surface area (Å²) >= 11 is 0. The molecular formula is C15H23NO2. The van der Waals surface area contributed by atoms with E-state index in [1.54, 1.807) is 0 Å². The van der Waals surface area contributed by atoms with Crippen molar-refractivity contribution < 1.29 is 9.90 Å². The maximum atomic E-state index is 12.1. The van der Waals surface area contributed by atoms with Crippen molar-refractivity contribution in [1.29, 1.82) is 0 Å². The summed E-state index contributed by atoms with van der Waals surface area (Å²) in [6.07, 6.45) is 0.490. The van der Waals surface area contributed by atoms with Crippen LogP contribution in [-0.4, -0.2) is 42.0 Å². The van der Waals surface area contributed by atoms with Gasteiger partial charge in [-0.05, 0) is 40.0 Å². The molecule has 3 heteroatoms. The van der Waals surface area contributed by atoms with E-state index >= 15 is 0 Å². The van der Waals surface area contributed by atoms with Gasteiger partial charge in [0.15, 0.2) is 5.78 Å². The molecule has 0 heterocycles. The molecule has 0 bridgehead atoms. The highest BCUT2D eigenvalue weighted by molar-refractivity contribution is 5.96. The molecule has 1 atom stereocenters. The van der Waals surface area contributed by atoms with Crippen LogP contribution in [0, 0.1) is 13.8 Å². The highest BCUT2D eigenvalue weighted by atomic mass is 16.3. The molecule has 0 aliphatic rings. The van der Waals surface area contributed by atoms with Gasteiger partial charge in [-0.2, -0.15) is 0 Å². The molecule has 0 amide bonds. The summed E-state index contributed by atoms with van der Waals surface area (Å²) < 4.78 is 0. The number of aryl methyl sites for hydroxylation is 2. The first-order chi connectivity index (χ1) is 8.43. The number of carbonyl (C=O) groups is 1. The van der Waals surface area contributed by atoms with Crippen LogP contribution in [0.2, 0.25) is 0 Å². The van der Waals surface area contributed by atoms with E-state index in [1.165, 1.54) is 0 Å². The van der Waals surface area contributed by atoms with Gasteiger partial charge in [-0.15, -0.1) is 0 Å². The van der Waals surface area contributed by atoms with E-state index in [2.05, 4.69) is 6.07 Å². The fraction of sp³-hybridized carbons (Fsp3) is 0.533. The van der Waals surface area contributed by atoms with Gasteiger partial charge in [-0.1, -0.05) is 17.2 Å². The maximum Gasteiger partial charge on any atom is 0.164 e. The molecule has 0 fully saturated rings. The molecule has 0 aliphatic heterocycles. The molecule has 1 aromatic rings. The van der Waals surface area contributed by atoms with Crippen LogP contribution in [0.5, 0.6) is 0 Å². The third-order valence-corrected chi connectivity index (χ3v) is 3.25. The standard InChI is InChI=1S/C15H23NO2/c1-11-7-12(2)9-14(8-11)15(18)5-6-16(4)13(3)10-17/h7-9,13,17H,5-6,10H2,1-4H3. The van der Waals surface area contributed by atoms with Gasteiger partial charge in [-0.3, -0.25) is 4.79 Å². The number of aliphatic hydroxyl groups is 1. The number of aliphatic hydroxyl groups excluding tert-OH is 1. The van der Waals surface area contributed by atoms with Crippen molar-refractivity contribution in [2.75, 3.05) is 20.2 Å². The Morgan fingerprint density at radius 1 is 1.28 bits per heavy atom. The van der Waals surface area contributed by atoms with Crippen molar-refractivity contribution in [3.63, 3.8) is 0 Å². The Hall–Kier alpha value is -1.19. The van der Waals surface area contributed by atoms with Gasteiger partial charge in [0.2, 0.25) is 0 Å². The van der Waals surface area contributed by atoms with Crippen molar-refractivity contribution in [1.82, 2.24) is 4.90 Å². The Bertz CT molecular complexity index is 395. The molecule has 0 radical (unpaired) electrons. The molecule has 18 heavy (non-hydrogen) atoms. The average Bonchev–Trinajstić information content (AvgIpc) is 2.33. The minimum atomic E-state index is 0.0945. The lowest BCUT2D eigenvalue weighted by Gasteiger charge is -2.22. The second-order valence-electron chi connectivity index (χ2n) is 5.06. The maximum absolute atomic E-state index is 12.1. The van der Waals surface area contributed by atoms with E-state index in [4.69, 9.17) is 5.11 Å². The van der Waals surface area contributed by atoms with Gasteiger partial charge in [0.1, 0.15) is 0 Å². The molecule has 100 valence electrons. The summed E-state index contributed by atoms with van der Waals surface area (Å²) in [6.45, 7) is 6.75. The lowest BCUT2D eigenvalue weighted by Crippen LogP contribution is -2.33. The van der Waals surface area contributed by atoms with E-state index in [-0.39, 0.29) is 18.4 Å². The van der Waals surface area contributed by atoms with Crippen LogP contribution in [0.4, 0.5) is 0 Å². The minimum absolute atomic E-state index is 0.0945. The molecule has 1 unspecified atom stereocenters. The third-order valence-electron chi connectivity index (χ3n) is 3.25. The first-order valence-electron chi connectivity index (χ1n) is 6.36. The van der Waals surface area contributed by atoms with Crippen LogP contribution >= 0.6 is 0 Å². The van der Waals surface area contributed by atoms with Gasteiger partial charge >= 0.3 is 0 Å². The Labute approximate surface area is 109 Å². The van der Waals surface area contributed by atoms with Gasteiger partial charge in [0.25, 0.3) is 0 Å². The smallest absolute Gasteiger partial charge is 0.164 e. The average molecular weight is 249 g/mol. The third kappa shape index (κ3) is 4.24. The summed E-state index contributed by atoms with van der Waals surface area (Å²) in [5.74, 6) is 0.166. The van der Waals surface area contributed by atoms with Crippen LogP contribution in [0.15, 0.2) is 18.2 Å². The van der Waals surface area contributed by atoms with Gasteiger partial charge in [0.05, 0.1) is 6.61 Å². The van der Waals surface area contributed by atoms with E-state index in [1.807, 2.05) is 44.9 Å². The Balaban J connectivity index is 2.60. The van der Waals surface area contributed by atoms with Crippen LogP contribution < -0.4 is 0 Å². The number of likely N-dealkylation sites (N-methyl/N-ethyl adjacent to an activating group) is 1. The molecule has 0 saturated carbocycles. The molecule has 1 N–H and O–H groups in total. The van der Waals surface area contributed by atoms with Gasteiger partial charge in [0, 0.05) is 24.6 Å². The molecule has 1 aromatic carbocycles. The zero-order valence-electron chi connectivity index (χ0n) is 11.7. The zero-order chi connectivity index (χ0) is 13.7. The topological polar surface area (TPSA) is 40.5 Å². The van der Waals surface area contributed by atoms with Crippen LogP contribution in [0.25, 0.3) is 0 Å². The number of benzene rings is 1. The Morgan fingerprint density at radius 3 is 2.33 bits per heavy atom. The SMILES string of the molecule is Cc1cc(C)cc(C(=O)CCN(C)C(C)CO)c1. The monoisotopic (exact) mass is 249 g/mol. The van der Waals surface area contributed by atoms with Crippen molar-refractivity contribution in [3.8, 4) is 0 Å². The number of rotatable bonds is 6. The predicted octanol–water partition coefficient (Wildman–Crippen LogP) is 2.19. The fourth-order valence-corrected chi connectivity index (χ4v) is 1.92. The van der Waals surface area contributed by atoms with Gasteiger partial charge in [-0.25, -0.2) is 0 Å². The van der Waals surface area contributed by atoms with E-state index in [0.717, 1.165) is 16.7 Å². The van der Waals surface area contributed by atoms with Crippen molar-refractivity contribution in [2.24, 2.45) is 0 Å². The Kier molecular flexibility index (Phi) is 5.51. The first kappa shape index (κ1) is 14.9. The van der Waals surface area contributed by atoms with Gasteiger partial charge < -0.3 is 10.0 Å². The summed E-state index contributed by atoms with van der Waals surface area (Å²) in [6, 6.07) is 6.03. The van der Waals surface area contributed by atoms with Crippen LogP contribution in [0.1, 0.15) is 34.8 Å². The van der Waals surface area contributed by atoms with Crippen molar-refractivity contribution in [3.05, 3.63) is 34.9 Å². The molecule has 0 spiro atoms. The van der Waals surface area contributed by atoms with Crippen molar-refractivity contribution >= 4 is 5.78 Å². The first-order valence-corrected chi connectivity index (χ1v) is 6.36. The number of hydrogen-bond acceptors (Lipinski definition) is 3. The van der Waals surface area contributed by atoms with E-state index in [0.29, 0.717) is 13.0 Å². The lowest BCUT2D eigenvalue weighted by molar-refractivity contribution is 0.0946. The van der Waals surface area contributed by atoms with Crippen LogP contribution in [0.3, 0.4) is 0 Å². The number of ketones is 1. The highest BCUT2D eigenvalue weighted by Gasteiger charge is 2.11. The molecule has 3 nitrogen and oxygen atoms in total. The summed E-state index contributed by atoms with van der Waals surface area (Å²) in [4.78, 5) is 14.1. The molecule has 1 rings (SSSR count). The fourth-order valence-electron chi connectivity index (χ4n) is 1.92. The normalized spacial score (nSPS) is 12.8. The molecule has 0 aromatic heterocycles. The number of Topliss-reactive ketones (excluding diaryl/α,β-unsaturated/α-hetero) is 1. The predicted molar refractivity (Wildman–Crippen MR) is 74.0 cm³/mol. The van der Waals surface area contributed by atoms with Crippen LogP contribution in [-0.2, 0) is 0 Å². The molecule has 0 aliphatic carbocycles. The summed E-state index contributed by atoms with van der Waals surface area (Å²) in [5.41, 5.74) is 3.03. The molecule has 0 saturated heterocycles. The number of hydrogen-bond donors (Lipinski definition) is 1. The second-order valence-corrected chi connectivity index (χ2v) is 5.06. The number of nitrogens with zero attached hydrogens (tertiary/aromatic N) is 1. The quantitative estimate of drug-likeness (QED) is 0.786. The lowest BCUT2D eigenvalue weighted by atomic mass is 10.0. The Morgan fingerprint density at radius 2 is 1.83 bits per heavy atom. The van der Waals surface area contributed by atoms with E-state index in [9.17, 15) is 4.79 Å².